The van der Waals surface area contributed by atoms with Crippen molar-refractivity contribution in [2.24, 2.45) is 5.73 Å². The Morgan fingerprint density at radius 3 is 2.67 bits per heavy atom. The van der Waals surface area contributed by atoms with Gasteiger partial charge in [0.25, 0.3) is 0 Å². The Bertz CT molecular complexity index is 401. The second-order valence-corrected chi connectivity index (χ2v) is 4.01. The first-order valence-corrected chi connectivity index (χ1v) is 5.87. The molecule has 1 amide bonds. The molecule has 1 unspecified atom stereocenters. The lowest BCUT2D eigenvalue weighted by Gasteiger charge is -2.09. The van der Waals surface area contributed by atoms with Gasteiger partial charge in [-0.2, -0.15) is 0 Å². The number of allylic oxidation sites excluding steroid dienone is 1. The number of amides is 1. The minimum absolute atomic E-state index is 0.239. The van der Waals surface area contributed by atoms with Gasteiger partial charge < -0.3 is 10.5 Å². The molecule has 0 fully saturated rings. The van der Waals surface area contributed by atoms with Crippen LogP contribution in [0.15, 0.2) is 30.3 Å². The van der Waals surface area contributed by atoms with E-state index in [0.29, 0.717) is 6.42 Å². The van der Waals surface area contributed by atoms with E-state index in [0.717, 1.165) is 18.4 Å². The number of ether oxygens (including phenoxy) is 1. The number of hydrogen-bond donors (Lipinski definition) is 1. The van der Waals surface area contributed by atoms with E-state index < -0.39 is 12.0 Å². The molecule has 98 valence electrons. The van der Waals surface area contributed by atoms with Gasteiger partial charge in [0.05, 0.1) is 0 Å². The van der Waals surface area contributed by atoms with Gasteiger partial charge in [0.1, 0.15) is 11.9 Å². The van der Waals surface area contributed by atoms with Gasteiger partial charge in [-0.15, -0.1) is 0 Å². The summed E-state index contributed by atoms with van der Waals surface area (Å²) < 4.78 is 17.6. The quantitative estimate of drug-likeness (QED) is 0.757. The second kappa shape index (κ2) is 7.61. The van der Waals surface area contributed by atoms with Gasteiger partial charge >= 0.3 is 0 Å². The number of nitrogens with two attached hydrogens (primary N) is 1. The molecule has 0 aliphatic carbocycles. The Labute approximate surface area is 106 Å². The first-order chi connectivity index (χ1) is 8.63. The molecule has 0 aliphatic heterocycles. The Morgan fingerprint density at radius 1 is 1.44 bits per heavy atom. The van der Waals surface area contributed by atoms with Crippen molar-refractivity contribution in [3.8, 4) is 0 Å². The number of hydrogen-bond acceptors (Lipinski definition) is 2. The zero-order chi connectivity index (χ0) is 13.4. The molecule has 0 radical (unpaired) electrons. The first kappa shape index (κ1) is 14.4. The molecule has 18 heavy (non-hydrogen) atoms. The van der Waals surface area contributed by atoms with E-state index in [2.05, 4.69) is 0 Å². The van der Waals surface area contributed by atoms with Crippen LogP contribution in [-0.4, -0.2) is 19.1 Å². The second-order valence-electron chi connectivity index (χ2n) is 4.01. The largest absolute Gasteiger partial charge is 0.372 e. The van der Waals surface area contributed by atoms with Crippen molar-refractivity contribution in [3.05, 3.63) is 41.7 Å². The highest BCUT2D eigenvalue weighted by atomic mass is 19.1. The third-order valence-electron chi connectivity index (χ3n) is 2.62. The number of carbonyl (C=O) groups excluding carboxylic acids is 1. The van der Waals surface area contributed by atoms with Gasteiger partial charge in [-0.25, -0.2) is 4.39 Å². The predicted octanol–water partition coefficient (Wildman–Crippen LogP) is 2.51. The number of methoxy groups -OCH3 is 1. The number of halogens is 1. The van der Waals surface area contributed by atoms with Crippen LogP contribution >= 0.6 is 0 Å². The van der Waals surface area contributed by atoms with Crippen molar-refractivity contribution in [3.63, 3.8) is 0 Å². The monoisotopic (exact) mass is 251 g/mol. The fourth-order valence-electron chi connectivity index (χ4n) is 1.59. The van der Waals surface area contributed by atoms with Crippen molar-refractivity contribution >= 4 is 12.0 Å². The molecule has 1 atom stereocenters. The van der Waals surface area contributed by atoms with Crippen LogP contribution in [0.5, 0.6) is 0 Å². The molecule has 0 spiro atoms. The van der Waals surface area contributed by atoms with Crippen LogP contribution in [0.2, 0.25) is 0 Å². The molecule has 1 aromatic carbocycles. The summed E-state index contributed by atoms with van der Waals surface area (Å²) >= 11 is 0. The molecule has 0 saturated carbocycles. The highest BCUT2D eigenvalue weighted by Crippen LogP contribution is 2.08. The lowest BCUT2D eigenvalue weighted by atomic mass is 10.1. The van der Waals surface area contributed by atoms with Gasteiger partial charge in [-0.1, -0.05) is 24.3 Å². The summed E-state index contributed by atoms with van der Waals surface area (Å²) in [5.74, 6) is -0.670. The number of carbonyl (C=O) groups is 1. The van der Waals surface area contributed by atoms with E-state index in [4.69, 9.17) is 10.5 Å². The van der Waals surface area contributed by atoms with Gasteiger partial charge in [0.15, 0.2) is 0 Å². The minimum Gasteiger partial charge on any atom is -0.372 e. The zero-order valence-electron chi connectivity index (χ0n) is 10.4. The molecular weight excluding hydrogens is 233 g/mol. The summed E-state index contributed by atoms with van der Waals surface area (Å²) in [6, 6.07) is 6.28. The van der Waals surface area contributed by atoms with Crippen molar-refractivity contribution in [1.82, 2.24) is 0 Å². The number of primary amides is 1. The molecule has 0 bridgehead atoms. The summed E-state index contributed by atoms with van der Waals surface area (Å²) in [5.41, 5.74) is 6.10. The third kappa shape index (κ3) is 5.10. The highest BCUT2D eigenvalue weighted by molar-refractivity contribution is 5.78. The van der Waals surface area contributed by atoms with Crippen LogP contribution in [0, 0.1) is 5.82 Å². The molecule has 0 aromatic heterocycles. The molecule has 3 nitrogen and oxygen atoms in total. The Kier molecular flexibility index (Phi) is 6.08. The summed E-state index contributed by atoms with van der Waals surface area (Å²) in [5, 5.41) is 0. The number of unbranched alkanes of at least 4 members (excludes halogenated alkanes) is 1. The molecule has 0 heterocycles. The average molecular weight is 251 g/mol. The highest BCUT2D eigenvalue weighted by Gasteiger charge is 2.12. The van der Waals surface area contributed by atoms with Crippen LogP contribution in [0.3, 0.4) is 0 Å². The Balaban J connectivity index is 2.29. The van der Waals surface area contributed by atoms with E-state index in [9.17, 15) is 9.18 Å². The molecule has 1 aromatic rings. The van der Waals surface area contributed by atoms with Gasteiger partial charge in [0, 0.05) is 7.11 Å². The molecule has 4 heteroatoms. The van der Waals surface area contributed by atoms with Crippen LogP contribution in [0.25, 0.3) is 6.08 Å². The van der Waals surface area contributed by atoms with Gasteiger partial charge in [0.2, 0.25) is 5.91 Å². The van der Waals surface area contributed by atoms with Crippen molar-refractivity contribution in [2.45, 2.75) is 25.4 Å². The lowest BCUT2D eigenvalue weighted by Crippen LogP contribution is -2.29. The van der Waals surface area contributed by atoms with Gasteiger partial charge in [-0.3, -0.25) is 4.79 Å². The van der Waals surface area contributed by atoms with E-state index in [1.807, 2.05) is 12.2 Å². The third-order valence-corrected chi connectivity index (χ3v) is 2.62. The van der Waals surface area contributed by atoms with Crippen molar-refractivity contribution in [2.75, 3.05) is 7.11 Å². The maximum atomic E-state index is 12.7. The van der Waals surface area contributed by atoms with E-state index >= 15 is 0 Å². The summed E-state index contributed by atoms with van der Waals surface area (Å²) in [4.78, 5) is 10.9. The van der Waals surface area contributed by atoms with Crippen molar-refractivity contribution in [1.29, 1.82) is 0 Å². The van der Waals surface area contributed by atoms with Crippen LogP contribution < -0.4 is 5.73 Å². The molecule has 2 N–H and O–H groups in total. The lowest BCUT2D eigenvalue weighted by molar-refractivity contribution is -0.128. The van der Waals surface area contributed by atoms with Crippen molar-refractivity contribution < 1.29 is 13.9 Å². The van der Waals surface area contributed by atoms with E-state index in [-0.39, 0.29) is 5.82 Å². The Hall–Kier alpha value is -1.68. The van der Waals surface area contributed by atoms with Crippen LogP contribution in [0.1, 0.15) is 24.8 Å². The predicted molar refractivity (Wildman–Crippen MR) is 69.3 cm³/mol. The fraction of sp³-hybridized carbons (Fsp3) is 0.357. The first-order valence-electron chi connectivity index (χ1n) is 5.87. The molecule has 1 rings (SSSR count). The Morgan fingerprint density at radius 2 is 2.11 bits per heavy atom. The maximum absolute atomic E-state index is 12.7. The molecular formula is C14H18FNO2. The smallest absolute Gasteiger partial charge is 0.246 e. The summed E-state index contributed by atoms with van der Waals surface area (Å²) in [6.07, 6.45) is 5.65. The fourth-order valence-corrected chi connectivity index (χ4v) is 1.59. The normalized spacial score (nSPS) is 12.8. The zero-order valence-corrected chi connectivity index (χ0v) is 10.4. The summed E-state index contributed by atoms with van der Waals surface area (Å²) in [7, 11) is 1.48. The van der Waals surface area contributed by atoms with Crippen LogP contribution in [0.4, 0.5) is 4.39 Å². The van der Waals surface area contributed by atoms with Crippen LogP contribution in [-0.2, 0) is 9.53 Å². The van der Waals surface area contributed by atoms with Gasteiger partial charge in [-0.05, 0) is 37.0 Å². The molecule has 0 aliphatic rings. The SMILES string of the molecule is COC(CCC/C=C/c1ccc(F)cc1)C(N)=O. The molecule has 0 saturated heterocycles. The standard InChI is InChI=1S/C14H18FNO2/c1-18-13(14(16)17)6-4-2-3-5-11-7-9-12(15)10-8-11/h3,5,7-10,13H,2,4,6H2,1H3,(H2,16,17)/b5-3+. The van der Waals surface area contributed by atoms with E-state index in [1.165, 1.54) is 19.2 Å². The number of benzene rings is 1. The van der Waals surface area contributed by atoms with E-state index in [1.54, 1.807) is 12.1 Å². The number of rotatable bonds is 7. The summed E-state index contributed by atoms with van der Waals surface area (Å²) in [6.45, 7) is 0. The topological polar surface area (TPSA) is 52.3 Å². The average Bonchev–Trinajstić information content (AvgIpc) is 2.35. The maximum Gasteiger partial charge on any atom is 0.246 e. The minimum atomic E-state index is -0.510.